The summed E-state index contributed by atoms with van der Waals surface area (Å²) in [7, 11) is 0. The molecule has 0 aliphatic rings. The molecule has 0 fully saturated rings. The molecule has 0 saturated carbocycles. The van der Waals surface area contributed by atoms with Gasteiger partial charge in [-0.05, 0) is 66.9 Å². The minimum absolute atomic E-state index is 0.0561. The largest absolute Gasteiger partial charge is 0.490 e. The highest BCUT2D eigenvalue weighted by Gasteiger charge is 2.09. The standard InChI is InChI=1S/C23H23ClN2O4/c1-3-29-23-13-18(14-25-21-6-4-5-20(24)16(21)2)9-12-22(23)30-15-17-7-10-19(11-8-17)26(27)28/h4-13,25H,3,14-15H2,1-2H3. The first-order valence-electron chi connectivity index (χ1n) is 9.58. The number of non-ortho nitro benzene ring substituents is 1. The molecule has 0 heterocycles. The molecule has 156 valence electrons. The van der Waals surface area contributed by atoms with E-state index >= 15 is 0 Å². The van der Waals surface area contributed by atoms with Crippen LogP contribution in [0.1, 0.15) is 23.6 Å². The van der Waals surface area contributed by atoms with Crippen LogP contribution < -0.4 is 14.8 Å². The number of nitro benzene ring substituents is 1. The molecule has 0 amide bonds. The van der Waals surface area contributed by atoms with Crippen LogP contribution in [0.3, 0.4) is 0 Å². The molecule has 1 N–H and O–H groups in total. The van der Waals surface area contributed by atoms with Crippen LogP contribution in [-0.4, -0.2) is 11.5 Å². The summed E-state index contributed by atoms with van der Waals surface area (Å²) in [5.74, 6) is 1.28. The molecule has 3 rings (SSSR count). The van der Waals surface area contributed by atoms with Gasteiger partial charge in [-0.15, -0.1) is 0 Å². The second-order valence-electron chi connectivity index (χ2n) is 6.69. The van der Waals surface area contributed by atoms with Gasteiger partial charge in [0.1, 0.15) is 6.61 Å². The zero-order valence-electron chi connectivity index (χ0n) is 16.9. The summed E-state index contributed by atoms with van der Waals surface area (Å²) < 4.78 is 11.6. The first-order chi connectivity index (χ1) is 14.5. The fourth-order valence-electron chi connectivity index (χ4n) is 2.92. The summed E-state index contributed by atoms with van der Waals surface area (Å²) in [6.07, 6.45) is 0. The van der Waals surface area contributed by atoms with E-state index in [1.165, 1.54) is 12.1 Å². The fourth-order valence-corrected chi connectivity index (χ4v) is 3.10. The highest BCUT2D eigenvalue weighted by atomic mass is 35.5. The van der Waals surface area contributed by atoms with E-state index in [2.05, 4.69) is 5.32 Å². The first kappa shape index (κ1) is 21.5. The Balaban J connectivity index is 1.68. The first-order valence-corrected chi connectivity index (χ1v) is 9.96. The van der Waals surface area contributed by atoms with E-state index in [9.17, 15) is 10.1 Å². The lowest BCUT2D eigenvalue weighted by Gasteiger charge is -2.15. The van der Waals surface area contributed by atoms with Crippen molar-refractivity contribution in [3.05, 3.63) is 92.5 Å². The molecule has 3 aromatic carbocycles. The lowest BCUT2D eigenvalue weighted by Crippen LogP contribution is -2.04. The van der Waals surface area contributed by atoms with Gasteiger partial charge < -0.3 is 14.8 Å². The molecule has 0 spiro atoms. The Morgan fingerprint density at radius 3 is 2.43 bits per heavy atom. The number of rotatable bonds is 9. The maximum Gasteiger partial charge on any atom is 0.269 e. The van der Waals surface area contributed by atoms with Gasteiger partial charge in [0.2, 0.25) is 0 Å². The lowest BCUT2D eigenvalue weighted by atomic mass is 10.1. The number of nitrogens with zero attached hydrogens (tertiary/aromatic N) is 1. The zero-order valence-corrected chi connectivity index (χ0v) is 17.6. The second kappa shape index (κ2) is 9.98. The molecule has 0 aliphatic carbocycles. The number of hydrogen-bond acceptors (Lipinski definition) is 5. The fraction of sp³-hybridized carbons (Fsp3) is 0.217. The van der Waals surface area contributed by atoms with Crippen LogP contribution in [0, 0.1) is 17.0 Å². The topological polar surface area (TPSA) is 73.6 Å². The Kier molecular flexibility index (Phi) is 7.14. The molecule has 0 atom stereocenters. The quantitative estimate of drug-likeness (QED) is 0.328. The lowest BCUT2D eigenvalue weighted by molar-refractivity contribution is -0.384. The Morgan fingerprint density at radius 2 is 1.73 bits per heavy atom. The van der Waals surface area contributed by atoms with Crippen molar-refractivity contribution in [2.45, 2.75) is 27.0 Å². The van der Waals surface area contributed by atoms with Gasteiger partial charge in [0.25, 0.3) is 5.69 Å². The predicted octanol–water partition coefficient (Wildman–Crippen LogP) is 6.15. The van der Waals surface area contributed by atoms with Gasteiger partial charge in [-0.3, -0.25) is 10.1 Å². The van der Waals surface area contributed by atoms with Crippen molar-refractivity contribution in [3.63, 3.8) is 0 Å². The minimum Gasteiger partial charge on any atom is -0.490 e. The molecule has 7 heteroatoms. The van der Waals surface area contributed by atoms with Crippen LogP contribution >= 0.6 is 11.6 Å². The van der Waals surface area contributed by atoms with Gasteiger partial charge in [0.15, 0.2) is 11.5 Å². The van der Waals surface area contributed by atoms with Crippen molar-refractivity contribution in [1.82, 2.24) is 0 Å². The third-order valence-electron chi connectivity index (χ3n) is 4.60. The number of nitro groups is 1. The van der Waals surface area contributed by atoms with Gasteiger partial charge in [0, 0.05) is 29.4 Å². The molecule has 0 aliphatic heterocycles. The monoisotopic (exact) mass is 426 g/mol. The number of halogens is 1. The number of ether oxygens (including phenoxy) is 2. The third kappa shape index (κ3) is 5.42. The number of anilines is 1. The number of benzene rings is 3. The Bertz CT molecular complexity index is 1020. The summed E-state index contributed by atoms with van der Waals surface area (Å²) in [4.78, 5) is 10.3. The van der Waals surface area contributed by atoms with Crippen LogP contribution in [-0.2, 0) is 13.2 Å². The molecular formula is C23H23ClN2O4. The molecule has 0 bridgehead atoms. The van der Waals surface area contributed by atoms with E-state index in [4.69, 9.17) is 21.1 Å². The van der Waals surface area contributed by atoms with Crippen molar-refractivity contribution in [2.24, 2.45) is 0 Å². The van der Waals surface area contributed by atoms with Crippen LogP contribution in [0.2, 0.25) is 5.02 Å². The second-order valence-corrected chi connectivity index (χ2v) is 7.10. The Morgan fingerprint density at radius 1 is 1.00 bits per heavy atom. The highest BCUT2D eigenvalue weighted by molar-refractivity contribution is 6.31. The van der Waals surface area contributed by atoms with E-state index in [1.807, 2.05) is 50.2 Å². The van der Waals surface area contributed by atoms with E-state index < -0.39 is 4.92 Å². The van der Waals surface area contributed by atoms with Gasteiger partial charge in [0.05, 0.1) is 11.5 Å². The van der Waals surface area contributed by atoms with Gasteiger partial charge in [-0.25, -0.2) is 0 Å². The van der Waals surface area contributed by atoms with Crippen LogP contribution in [0.15, 0.2) is 60.7 Å². The molecular weight excluding hydrogens is 404 g/mol. The number of nitrogens with one attached hydrogen (secondary N) is 1. The predicted molar refractivity (Wildman–Crippen MR) is 119 cm³/mol. The molecule has 3 aromatic rings. The molecule has 0 aromatic heterocycles. The normalized spacial score (nSPS) is 10.5. The minimum atomic E-state index is -0.421. The van der Waals surface area contributed by atoms with Crippen LogP contribution in [0.4, 0.5) is 11.4 Å². The van der Waals surface area contributed by atoms with E-state index in [1.54, 1.807) is 12.1 Å². The Labute approximate surface area is 180 Å². The van der Waals surface area contributed by atoms with E-state index in [0.717, 1.165) is 27.4 Å². The van der Waals surface area contributed by atoms with Crippen LogP contribution in [0.5, 0.6) is 11.5 Å². The molecule has 0 unspecified atom stereocenters. The molecule has 30 heavy (non-hydrogen) atoms. The maximum absolute atomic E-state index is 10.8. The van der Waals surface area contributed by atoms with Gasteiger partial charge in [-0.1, -0.05) is 23.7 Å². The summed E-state index contributed by atoms with van der Waals surface area (Å²) in [6.45, 7) is 5.31. The third-order valence-corrected chi connectivity index (χ3v) is 5.01. The van der Waals surface area contributed by atoms with E-state index in [-0.39, 0.29) is 12.3 Å². The molecule has 0 saturated heterocycles. The van der Waals surface area contributed by atoms with Crippen molar-refractivity contribution < 1.29 is 14.4 Å². The summed E-state index contributed by atoms with van der Waals surface area (Å²) in [5, 5.41) is 14.9. The summed E-state index contributed by atoms with van der Waals surface area (Å²) in [6, 6.07) is 17.9. The SMILES string of the molecule is CCOc1cc(CNc2cccc(Cl)c2C)ccc1OCc1ccc([N+](=O)[O-])cc1. The van der Waals surface area contributed by atoms with Crippen molar-refractivity contribution >= 4 is 23.0 Å². The maximum atomic E-state index is 10.8. The van der Waals surface area contributed by atoms with E-state index in [0.29, 0.717) is 24.7 Å². The Hall–Kier alpha value is -3.25. The molecule has 6 nitrogen and oxygen atoms in total. The van der Waals surface area contributed by atoms with Crippen molar-refractivity contribution in [2.75, 3.05) is 11.9 Å². The summed E-state index contributed by atoms with van der Waals surface area (Å²) in [5.41, 5.74) is 3.93. The van der Waals surface area contributed by atoms with Crippen molar-refractivity contribution in [3.8, 4) is 11.5 Å². The van der Waals surface area contributed by atoms with Crippen molar-refractivity contribution in [1.29, 1.82) is 0 Å². The summed E-state index contributed by atoms with van der Waals surface area (Å²) >= 11 is 6.18. The molecule has 0 radical (unpaired) electrons. The highest BCUT2D eigenvalue weighted by Crippen LogP contribution is 2.30. The zero-order chi connectivity index (χ0) is 21.5. The van der Waals surface area contributed by atoms with Crippen LogP contribution in [0.25, 0.3) is 0 Å². The average molecular weight is 427 g/mol. The van der Waals surface area contributed by atoms with Gasteiger partial charge >= 0.3 is 0 Å². The average Bonchev–Trinajstić information content (AvgIpc) is 2.74. The van der Waals surface area contributed by atoms with Gasteiger partial charge in [-0.2, -0.15) is 0 Å². The smallest absolute Gasteiger partial charge is 0.269 e. The number of hydrogen-bond donors (Lipinski definition) is 1.